The van der Waals surface area contributed by atoms with Crippen LogP contribution in [0.25, 0.3) is 11.6 Å². The molecule has 3 N–H and O–H groups in total. The molecule has 0 radical (unpaired) electrons. The van der Waals surface area contributed by atoms with E-state index in [1.807, 2.05) is 24.3 Å². The maximum Gasteiger partial charge on any atom is 0.233 e. The van der Waals surface area contributed by atoms with Crippen molar-refractivity contribution in [2.45, 2.75) is 23.9 Å². The third-order valence-electron chi connectivity index (χ3n) is 3.68. The molecular weight excluding hydrogens is 354 g/mol. The monoisotopic (exact) mass is 373 g/mol. The number of benzene rings is 1. The standard InChI is InChI=1S/C17H19N5O3S/c1-11(16(23)19-10-12-5-7-13(24-2)8-6-12)26-17-21-20-15(22(17)18)14-4-3-9-25-14/h3-9,11H,10,18H2,1-2H3,(H,19,23)/t11-/m0/s1. The molecule has 3 rings (SSSR count). The maximum atomic E-state index is 12.3. The minimum atomic E-state index is -0.385. The molecule has 26 heavy (non-hydrogen) atoms. The molecule has 0 aliphatic carbocycles. The number of nitrogens with two attached hydrogens (primary N) is 1. The van der Waals surface area contributed by atoms with Crippen molar-refractivity contribution in [1.82, 2.24) is 20.2 Å². The minimum Gasteiger partial charge on any atom is -0.497 e. The molecule has 0 saturated heterocycles. The van der Waals surface area contributed by atoms with Crippen LogP contribution in [-0.4, -0.2) is 33.1 Å². The van der Waals surface area contributed by atoms with E-state index in [4.69, 9.17) is 15.0 Å². The van der Waals surface area contributed by atoms with Gasteiger partial charge in [0.2, 0.25) is 16.9 Å². The number of furan rings is 1. The third-order valence-corrected chi connectivity index (χ3v) is 4.74. The van der Waals surface area contributed by atoms with Gasteiger partial charge in [-0.25, -0.2) is 4.68 Å². The molecular formula is C17H19N5O3S. The zero-order valence-corrected chi connectivity index (χ0v) is 15.2. The Labute approximate surface area is 154 Å². The number of hydrogen-bond acceptors (Lipinski definition) is 7. The Morgan fingerprint density at radius 2 is 2.12 bits per heavy atom. The van der Waals surface area contributed by atoms with E-state index in [1.54, 1.807) is 26.2 Å². The first kappa shape index (κ1) is 17.9. The normalized spacial score (nSPS) is 11.9. The lowest BCUT2D eigenvalue weighted by Crippen LogP contribution is -2.30. The number of carbonyl (C=O) groups is 1. The van der Waals surface area contributed by atoms with E-state index < -0.39 is 0 Å². The lowest BCUT2D eigenvalue weighted by Gasteiger charge is -2.11. The number of nitrogens with one attached hydrogen (secondary N) is 1. The van der Waals surface area contributed by atoms with E-state index in [-0.39, 0.29) is 11.2 Å². The first-order chi connectivity index (χ1) is 12.6. The highest BCUT2D eigenvalue weighted by atomic mass is 32.2. The van der Waals surface area contributed by atoms with Crippen molar-refractivity contribution in [3.05, 3.63) is 48.2 Å². The average molecular weight is 373 g/mol. The summed E-state index contributed by atoms with van der Waals surface area (Å²) in [6.45, 7) is 2.22. The summed E-state index contributed by atoms with van der Waals surface area (Å²) in [6, 6.07) is 11.0. The molecule has 0 spiro atoms. The van der Waals surface area contributed by atoms with Gasteiger partial charge in [-0.1, -0.05) is 23.9 Å². The van der Waals surface area contributed by atoms with Crippen LogP contribution in [0.5, 0.6) is 5.75 Å². The Bertz CT molecular complexity index is 861. The fraction of sp³-hybridized carbons (Fsp3) is 0.235. The van der Waals surface area contributed by atoms with Gasteiger partial charge in [0, 0.05) is 6.54 Å². The van der Waals surface area contributed by atoms with Crippen LogP contribution in [0.4, 0.5) is 0 Å². The van der Waals surface area contributed by atoms with Crippen molar-refractivity contribution in [3.63, 3.8) is 0 Å². The average Bonchev–Trinajstić information content (AvgIpc) is 3.30. The Hall–Kier alpha value is -2.94. The second-order valence-corrected chi connectivity index (χ2v) is 6.79. The summed E-state index contributed by atoms with van der Waals surface area (Å²) in [4.78, 5) is 12.3. The molecule has 1 aromatic carbocycles. The van der Waals surface area contributed by atoms with E-state index in [0.717, 1.165) is 11.3 Å². The lowest BCUT2D eigenvalue weighted by molar-refractivity contribution is -0.120. The molecule has 0 aliphatic rings. The molecule has 136 valence electrons. The van der Waals surface area contributed by atoms with E-state index in [2.05, 4.69) is 15.5 Å². The number of nitrogen functional groups attached to an aromatic ring is 1. The van der Waals surface area contributed by atoms with Gasteiger partial charge in [-0.05, 0) is 36.8 Å². The quantitative estimate of drug-likeness (QED) is 0.482. The highest BCUT2D eigenvalue weighted by Gasteiger charge is 2.20. The van der Waals surface area contributed by atoms with Crippen molar-refractivity contribution in [2.75, 3.05) is 13.0 Å². The molecule has 1 atom stereocenters. The molecule has 1 amide bonds. The van der Waals surface area contributed by atoms with Crippen LogP contribution in [-0.2, 0) is 11.3 Å². The number of aromatic nitrogens is 3. The van der Waals surface area contributed by atoms with Gasteiger partial charge in [0.1, 0.15) is 5.75 Å². The molecule has 3 aromatic rings. The van der Waals surface area contributed by atoms with Crippen LogP contribution < -0.4 is 15.9 Å². The second-order valence-electron chi connectivity index (χ2n) is 5.48. The van der Waals surface area contributed by atoms with Gasteiger partial charge in [0.25, 0.3) is 0 Å². The molecule has 0 aliphatic heterocycles. The zero-order chi connectivity index (χ0) is 18.5. The van der Waals surface area contributed by atoms with E-state index in [1.165, 1.54) is 22.7 Å². The Kier molecular flexibility index (Phi) is 5.47. The molecule has 2 heterocycles. The summed E-state index contributed by atoms with van der Waals surface area (Å²) in [7, 11) is 1.61. The first-order valence-electron chi connectivity index (χ1n) is 7.90. The predicted octanol–water partition coefficient (Wildman–Crippen LogP) is 2.06. The number of ether oxygens (including phenoxy) is 1. The van der Waals surface area contributed by atoms with Gasteiger partial charge >= 0.3 is 0 Å². The third kappa shape index (κ3) is 3.99. The van der Waals surface area contributed by atoms with Crippen LogP contribution in [0.1, 0.15) is 12.5 Å². The zero-order valence-electron chi connectivity index (χ0n) is 14.4. The van der Waals surface area contributed by atoms with Gasteiger partial charge in [-0.15, -0.1) is 10.2 Å². The highest BCUT2D eigenvalue weighted by Crippen LogP contribution is 2.25. The molecule has 0 fully saturated rings. The number of nitrogens with zero attached hydrogens (tertiary/aromatic N) is 3. The fourth-order valence-corrected chi connectivity index (χ4v) is 3.01. The van der Waals surface area contributed by atoms with E-state index in [9.17, 15) is 4.79 Å². The van der Waals surface area contributed by atoms with Crippen molar-refractivity contribution < 1.29 is 13.9 Å². The number of amides is 1. The van der Waals surface area contributed by atoms with Crippen molar-refractivity contribution in [3.8, 4) is 17.3 Å². The smallest absolute Gasteiger partial charge is 0.233 e. The SMILES string of the molecule is COc1ccc(CNC(=O)[C@H](C)Sc2nnc(-c3ccco3)n2N)cc1. The predicted molar refractivity (Wildman–Crippen MR) is 98.0 cm³/mol. The maximum absolute atomic E-state index is 12.3. The van der Waals surface area contributed by atoms with Crippen LogP contribution in [0, 0.1) is 0 Å². The summed E-state index contributed by atoms with van der Waals surface area (Å²) >= 11 is 1.23. The van der Waals surface area contributed by atoms with Crippen molar-refractivity contribution in [1.29, 1.82) is 0 Å². The first-order valence-corrected chi connectivity index (χ1v) is 8.78. The largest absolute Gasteiger partial charge is 0.497 e. The van der Waals surface area contributed by atoms with Crippen LogP contribution in [0.3, 0.4) is 0 Å². The summed E-state index contributed by atoms with van der Waals surface area (Å²) < 4.78 is 11.7. The number of hydrogen-bond donors (Lipinski definition) is 2. The minimum absolute atomic E-state index is 0.117. The molecule has 0 saturated carbocycles. The number of carbonyl (C=O) groups excluding carboxylic acids is 1. The highest BCUT2D eigenvalue weighted by molar-refractivity contribution is 8.00. The Morgan fingerprint density at radius 3 is 2.77 bits per heavy atom. The summed E-state index contributed by atoms with van der Waals surface area (Å²) in [5, 5.41) is 11.0. The van der Waals surface area contributed by atoms with Crippen molar-refractivity contribution >= 4 is 17.7 Å². The van der Waals surface area contributed by atoms with Gasteiger partial charge < -0.3 is 20.3 Å². The van der Waals surface area contributed by atoms with Gasteiger partial charge in [-0.2, -0.15) is 0 Å². The van der Waals surface area contributed by atoms with Crippen LogP contribution in [0.2, 0.25) is 0 Å². The van der Waals surface area contributed by atoms with Gasteiger partial charge in [-0.3, -0.25) is 4.79 Å². The Morgan fingerprint density at radius 1 is 1.35 bits per heavy atom. The summed E-state index contributed by atoms with van der Waals surface area (Å²) in [6.07, 6.45) is 1.53. The molecule has 9 heteroatoms. The topological polar surface area (TPSA) is 108 Å². The van der Waals surface area contributed by atoms with Crippen LogP contribution >= 0.6 is 11.8 Å². The second kappa shape index (κ2) is 7.96. The fourth-order valence-electron chi connectivity index (χ4n) is 2.22. The van der Waals surface area contributed by atoms with Gasteiger partial charge in [0.15, 0.2) is 5.76 Å². The number of rotatable bonds is 7. The Balaban J connectivity index is 1.57. The summed E-state index contributed by atoms with van der Waals surface area (Å²) in [5.41, 5.74) is 0.985. The molecule has 0 unspecified atom stereocenters. The van der Waals surface area contributed by atoms with Gasteiger partial charge in [0.05, 0.1) is 18.6 Å². The van der Waals surface area contributed by atoms with Crippen LogP contribution in [0.15, 0.2) is 52.2 Å². The molecule has 2 aromatic heterocycles. The van der Waals surface area contributed by atoms with E-state index in [0.29, 0.717) is 23.3 Å². The number of thioether (sulfide) groups is 1. The number of methoxy groups -OCH3 is 1. The lowest BCUT2D eigenvalue weighted by atomic mass is 10.2. The molecule has 8 nitrogen and oxygen atoms in total. The molecule has 0 bridgehead atoms. The summed E-state index contributed by atoms with van der Waals surface area (Å²) in [5.74, 6) is 7.58. The van der Waals surface area contributed by atoms with Crippen molar-refractivity contribution in [2.24, 2.45) is 0 Å². The van der Waals surface area contributed by atoms with E-state index >= 15 is 0 Å².